The van der Waals surface area contributed by atoms with Gasteiger partial charge in [-0.1, -0.05) is 37.0 Å². The molecule has 1 aromatic rings. The fraction of sp³-hybridized carbons (Fsp3) is 0.417. The van der Waals surface area contributed by atoms with E-state index in [2.05, 4.69) is 5.32 Å². The summed E-state index contributed by atoms with van der Waals surface area (Å²) in [6.07, 6.45) is 0. The van der Waals surface area contributed by atoms with Crippen molar-refractivity contribution in [3.8, 4) is 0 Å². The zero-order valence-corrected chi connectivity index (χ0v) is 11.2. The van der Waals surface area contributed by atoms with Gasteiger partial charge in [-0.3, -0.25) is 4.79 Å². The second kappa shape index (κ2) is 6.24. The predicted octanol–water partition coefficient (Wildman–Crippen LogP) is 3.19. The third-order valence-electron chi connectivity index (χ3n) is 2.38. The Morgan fingerprint density at radius 1 is 1.29 bits per heavy atom. The van der Waals surface area contributed by atoms with Gasteiger partial charge in [0.1, 0.15) is 6.04 Å². The summed E-state index contributed by atoms with van der Waals surface area (Å²) in [7, 11) is 0. The van der Waals surface area contributed by atoms with Gasteiger partial charge in [0.15, 0.2) is 0 Å². The molecule has 0 aliphatic rings. The highest BCUT2D eigenvalue weighted by molar-refractivity contribution is 6.34. The van der Waals surface area contributed by atoms with Crippen molar-refractivity contribution in [3.63, 3.8) is 0 Å². The van der Waals surface area contributed by atoms with Gasteiger partial charge in [-0.25, -0.2) is 0 Å². The van der Waals surface area contributed by atoms with Crippen LogP contribution in [-0.2, 0) is 11.3 Å². The van der Waals surface area contributed by atoms with Gasteiger partial charge in [-0.15, -0.1) is 0 Å². The third-order valence-corrected chi connectivity index (χ3v) is 2.82. The molecule has 0 aliphatic heterocycles. The van der Waals surface area contributed by atoms with Gasteiger partial charge in [0.2, 0.25) is 0 Å². The molecule has 0 saturated carbocycles. The minimum Gasteiger partial charge on any atom is -0.480 e. The predicted molar refractivity (Wildman–Crippen MR) is 69.6 cm³/mol. The molecule has 1 aromatic carbocycles. The summed E-state index contributed by atoms with van der Waals surface area (Å²) in [5.74, 6) is -0.838. The lowest BCUT2D eigenvalue weighted by Gasteiger charge is -2.18. The van der Waals surface area contributed by atoms with Gasteiger partial charge in [0, 0.05) is 16.6 Å². The summed E-state index contributed by atoms with van der Waals surface area (Å²) in [5.41, 5.74) is 0.870. The van der Waals surface area contributed by atoms with Gasteiger partial charge in [-0.2, -0.15) is 0 Å². The maximum Gasteiger partial charge on any atom is 0.320 e. The average Bonchev–Trinajstić information content (AvgIpc) is 2.14. The molecule has 0 bridgehead atoms. The molecule has 5 heteroatoms. The Labute approximate surface area is 111 Å². The van der Waals surface area contributed by atoms with Crippen molar-refractivity contribution in [2.45, 2.75) is 26.4 Å². The molecule has 0 aliphatic carbocycles. The van der Waals surface area contributed by atoms with Crippen molar-refractivity contribution in [2.24, 2.45) is 5.92 Å². The Morgan fingerprint density at radius 2 is 1.82 bits per heavy atom. The van der Waals surface area contributed by atoms with E-state index in [0.29, 0.717) is 16.6 Å². The number of carboxylic acid groups (broad SMARTS) is 1. The number of benzene rings is 1. The van der Waals surface area contributed by atoms with Crippen LogP contribution in [0.5, 0.6) is 0 Å². The van der Waals surface area contributed by atoms with Gasteiger partial charge in [-0.05, 0) is 29.7 Å². The first kappa shape index (κ1) is 14.3. The summed E-state index contributed by atoms with van der Waals surface area (Å²) in [4.78, 5) is 11.0. The standard InChI is InChI=1S/C12H15Cl2NO2/c1-7(2)11(12(16)17)15-6-8-3-9(13)5-10(14)4-8/h3-5,7,11,15H,6H2,1-2H3,(H,16,17)/t11-/m1/s1. The van der Waals surface area contributed by atoms with Crippen LogP contribution in [0.4, 0.5) is 0 Å². The molecule has 0 unspecified atom stereocenters. The minimum absolute atomic E-state index is 0.0159. The van der Waals surface area contributed by atoms with Crippen molar-refractivity contribution >= 4 is 29.2 Å². The average molecular weight is 276 g/mol. The number of carbonyl (C=O) groups is 1. The molecular weight excluding hydrogens is 261 g/mol. The minimum atomic E-state index is -0.854. The zero-order chi connectivity index (χ0) is 13.0. The Hall–Kier alpha value is -0.770. The fourth-order valence-electron chi connectivity index (χ4n) is 1.55. The molecule has 0 fully saturated rings. The smallest absolute Gasteiger partial charge is 0.320 e. The van der Waals surface area contributed by atoms with Crippen molar-refractivity contribution in [1.29, 1.82) is 0 Å². The van der Waals surface area contributed by atoms with Crippen LogP contribution in [0, 0.1) is 5.92 Å². The third kappa shape index (κ3) is 4.54. The van der Waals surface area contributed by atoms with Crippen LogP contribution in [0.3, 0.4) is 0 Å². The number of rotatable bonds is 5. The first-order valence-corrected chi connectivity index (χ1v) is 6.07. The molecule has 0 spiro atoms. The first-order valence-electron chi connectivity index (χ1n) is 5.31. The molecule has 0 amide bonds. The molecule has 1 rings (SSSR count). The van der Waals surface area contributed by atoms with Crippen LogP contribution in [0.15, 0.2) is 18.2 Å². The second-order valence-corrected chi connectivity index (χ2v) is 5.09. The van der Waals surface area contributed by atoms with E-state index < -0.39 is 12.0 Å². The van der Waals surface area contributed by atoms with Crippen LogP contribution in [0.25, 0.3) is 0 Å². The number of carboxylic acids is 1. The van der Waals surface area contributed by atoms with Gasteiger partial charge in [0.25, 0.3) is 0 Å². The zero-order valence-electron chi connectivity index (χ0n) is 9.71. The van der Waals surface area contributed by atoms with E-state index in [1.54, 1.807) is 18.2 Å². The summed E-state index contributed by atoms with van der Waals surface area (Å²) in [6, 6.07) is 4.59. The highest BCUT2D eigenvalue weighted by atomic mass is 35.5. The Kier molecular flexibility index (Phi) is 5.25. The van der Waals surface area contributed by atoms with E-state index >= 15 is 0 Å². The van der Waals surface area contributed by atoms with Gasteiger partial charge < -0.3 is 10.4 Å². The van der Waals surface area contributed by atoms with Gasteiger partial charge >= 0.3 is 5.97 Å². The fourth-order valence-corrected chi connectivity index (χ4v) is 2.12. The maximum absolute atomic E-state index is 11.0. The van der Waals surface area contributed by atoms with E-state index in [4.69, 9.17) is 28.3 Å². The maximum atomic E-state index is 11.0. The Bertz CT molecular complexity index is 387. The second-order valence-electron chi connectivity index (χ2n) is 4.22. The molecule has 0 saturated heterocycles. The summed E-state index contributed by atoms with van der Waals surface area (Å²) in [6.45, 7) is 4.14. The van der Waals surface area contributed by atoms with Gasteiger partial charge in [0.05, 0.1) is 0 Å². The number of halogens is 2. The number of aliphatic carboxylic acids is 1. The number of nitrogens with one attached hydrogen (secondary N) is 1. The topological polar surface area (TPSA) is 49.3 Å². The highest BCUT2D eigenvalue weighted by Crippen LogP contribution is 2.19. The molecule has 94 valence electrons. The van der Waals surface area contributed by atoms with Crippen LogP contribution in [-0.4, -0.2) is 17.1 Å². The summed E-state index contributed by atoms with van der Waals surface area (Å²) in [5, 5.41) is 13.1. The molecule has 0 radical (unpaired) electrons. The van der Waals surface area contributed by atoms with Crippen molar-refractivity contribution in [2.75, 3.05) is 0 Å². The molecule has 0 heterocycles. The van der Waals surface area contributed by atoms with E-state index in [1.165, 1.54) is 0 Å². The van der Waals surface area contributed by atoms with E-state index in [1.807, 2.05) is 13.8 Å². The lowest BCUT2D eigenvalue weighted by Crippen LogP contribution is -2.40. The van der Waals surface area contributed by atoms with E-state index in [-0.39, 0.29) is 5.92 Å². The number of hydrogen-bond acceptors (Lipinski definition) is 2. The Balaban J connectivity index is 2.68. The van der Waals surface area contributed by atoms with Crippen molar-refractivity contribution in [3.05, 3.63) is 33.8 Å². The van der Waals surface area contributed by atoms with Crippen molar-refractivity contribution < 1.29 is 9.90 Å². The number of hydrogen-bond donors (Lipinski definition) is 2. The molecule has 0 aromatic heterocycles. The molecule has 3 nitrogen and oxygen atoms in total. The lowest BCUT2D eigenvalue weighted by molar-refractivity contribution is -0.140. The lowest BCUT2D eigenvalue weighted by atomic mass is 10.0. The summed E-state index contributed by atoms with van der Waals surface area (Å²) < 4.78 is 0. The van der Waals surface area contributed by atoms with Crippen LogP contribution < -0.4 is 5.32 Å². The molecular formula is C12H15Cl2NO2. The van der Waals surface area contributed by atoms with Crippen LogP contribution in [0.1, 0.15) is 19.4 Å². The van der Waals surface area contributed by atoms with Crippen LogP contribution in [0.2, 0.25) is 10.0 Å². The summed E-state index contributed by atoms with van der Waals surface area (Å²) >= 11 is 11.7. The van der Waals surface area contributed by atoms with E-state index in [0.717, 1.165) is 5.56 Å². The highest BCUT2D eigenvalue weighted by Gasteiger charge is 2.20. The van der Waals surface area contributed by atoms with E-state index in [9.17, 15) is 4.79 Å². The largest absolute Gasteiger partial charge is 0.480 e. The Morgan fingerprint density at radius 3 is 2.24 bits per heavy atom. The monoisotopic (exact) mass is 275 g/mol. The first-order chi connectivity index (χ1) is 7.90. The SMILES string of the molecule is CC(C)[C@@H](NCc1cc(Cl)cc(Cl)c1)C(=O)O. The normalized spacial score (nSPS) is 12.8. The van der Waals surface area contributed by atoms with Crippen molar-refractivity contribution in [1.82, 2.24) is 5.32 Å². The quantitative estimate of drug-likeness (QED) is 0.868. The molecule has 2 N–H and O–H groups in total. The molecule has 1 atom stereocenters. The van der Waals surface area contributed by atoms with Crippen LogP contribution >= 0.6 is 23.2 Å². The molecule has 17 heavy (non-hydrogen) atoms.